The molecule has 1 heterocycles. The summed E-state index contributed by atoms with van der Waals surface area (Å²) in [5, 5.41) is 13.2. The maximum Gasteiger partial charge on any atom is 0.267 e. The van der Waals surface area contributed by atoms with Crippen molar-refractivity contribution in [2.24, 2.45) is 0 Å². The van der Waals surface area contributed by atoms with Crippen LogP contribution in [0.2, 0.25) is 0 Å². The van der Waals surface area contributed by atoms with Gasteiger partial charge in [-0.15, -0.1) is 5.10 Å². The van der Waals surface area contributed by atoms with Crippen LogP contribution in [0.3, 0.4) is 0 Å². The normalized spacial score (nSPS) is 16.5. The third-order valence-corrected chi connectivity index (χ3v) is 4.46. The predicted octanol–water partition coefficient (Wildman–Crippen LogP) is 1.87. The number of hydrogen-bond donors (Lipinski definition) is 1. The molecule has 1 aromatic heterocycles. The average molecular weight is 283 g/mol. The van der Waals surface area contributed by atoms with Crippen LogP contribution >= 0.6 is 11.5 Å². The zero-order chi connectivity index (χ0) is 13.7. The van der Waals surface area contributed by atoms with Crippen molar-refractivity contribution in [3.8, 4) is 0 Å². The standard InChI is InChI=1S/C13H21N3O2S/c1-2-11-12(19-15-14-11)13(18)16(8-9-17)10-6-4-3-5-7-10/h10,17H,2-9H2,1H3. The van der Waals surface area contributed by atoms with E-state index in [9.17, 15) is 9.90 Å². The summed E-state index contributed by atoms with van der Waals surface area (Å²) in [5.41, 5.74) is 0.772. The second-order valence-corrected chi connectivity index (χ2v) is 5.67. The van der Waals surface area contributed by atoms with Crippen LogP contribution in [-0.2, 0) is 6.42 Å². The minimum Gasteiger partial charge on any atom is -0.395 e. The lowest BCUT2D eigenvalue weighted by Gasteiger charge is -2.33. The SMILES string of the molecule is CCc1nnsc1C(=O)N(CCO)C1CCCCC1. The number of aromatic nitrogens is 2. The first kappa shape index (κ1) is 14.4. The Morgan fingerprint density at radius 2 is 2.16 bits per heavy atom. The maximum atomic E-state index is 12.6. The van der Waals surface area contributed by atoms with E-state index in [1.54, 1.807) is 0 Å². The van der Waals surface area contributed by atoms with Crippen molar-refractivity contribution in [1.82, 2.24) is 14.5 Å². The van der Waals surface area contributed by atoms with Gasteiger partial charge in [-0.1, -0.05) is 30.7 Å². The van der Waals surface area contributed by atoms with Crippen molar-refractivity contribution in [1.29, 1.82) is 0 Å². The lowest BCUT2D eigenvalue weighted by atomic mass is 9.94. The molecule has 1 saturated carbocycles. The molecule has 2 rings (SSSR count). The fraction of sp³-hybridized carbons (Fsp3) is 0.769. The van der Waals surface area contributed by atoms with E-state index >= 15 is 0 Å². The number of aryl methyl sites for hydroxylation is 1. The third kappa shape index (κ3) is 3.30. The van der Waals surface area contributed by atoms with Crippen LogP contribution in [0.4, 0.5) is 0 Å². The highest BCUT2D eigenvalue weighted by atomic mass is 32.1. The van der Waals surface area contributed by atoms with Gasteiger partial charge in [0.1, 0.15) is 4.88 Å². The van der Waals surface area contributed by atoms with Gasteiger partial charge in [-0.2, -0.15) is 0 Å². The van der Waals surface area contributed by atoms with E-state index in [0.29, 0.717) is 11.4 Å². The van der Waals surface area contributed by atoms with E-state index in [1.165, 1.54) is 30.8 Å². The highest BCUT2D eigenvalue weighted by Gasteiger charge is 2.28. The summed E-state index contributed by atoms with van der Waals surface area (Å²) in [4.78, 5) is 15.1. The van der Waals surface area contributed by atoms with Gasteiger partial charge in [0.2, 0.25) is 0 Å². The van der Waals surface area contributed by atoms with Crippen LogP contribution in [0.25, 0.3) is 0 Å². The molecule has 0 radical (unpaired) electrons. The first-order valence-electron chi connectivity index (χ1n) is 7.01. The van der Waals surface area contributed by atoms with Crippen LogP contribution in [0, 0.1) is 0 Å². The van der Waals surface area contributed by atoms with Crippen molar-refractivity contribution >= 4 is 17.4 Å². The van der Waals surface area contributed by atoms with Crippen molar-refractivity contribution < 1.29 is 9.90 Å². The fourth-order valence-corrected chi connectivity index (χ4v) is 3.39. The Morgan fingerprint density at radius 3 is 2.79 bits per heavy atom. The molecule has 0 bridgehead atoms. The van der Waals surface area contributed by atoms with E-state index in [0.717, 1.165) is 25.0 Å². The first-order valence-corrected chi connectivity index (χ1v) is 7.78. The van der Waals surface area contributed by atoms with Crippen LogP contribution in [-0.4, -0.2) is 44.7 Å². The van der Waals surface area contributed by atoms with Crippen molar-refractivity contribution in [3.05, 3.63) is 10.6 Å². The summed E-state index contributed by atoms with van der Waals surface area (Å²) < 4.78 is 3.88. The first-order chi connectivity index (χ1) is 9.27. The molecule has 1 aliphatic rings. The van der Waals surface area contributed by atoms with Gasteiger partial charge in [0.25, 0.3) is 5.91 Å². The number of hydrogen-bond acceptors (Lipinski definition) is 5. The molecular weight excluding hydrogens is 262 g/mol. The summed E-state index contributed by atoms with van der Waals surface area (Å²) in [6.45, 7) is 2.39. The van der Waals surface area contributed by atoms with Gasteiger partial charge >= 0.3 is 0 Å². The number of nitrogens with zero attached hydrogens (tertiary/aromatic N) is 3. The van der Waals surface area contributed by atoms with Gasteiger partial charge in [-0.25, -0.2) is 0 Å². The minimum absolute atomic E-state index is 0.00667. The summed E-state index contributed by atoms with van der Waals surface area (Å²) >= 11 is 1.17. The topological polar surface area (TPSA) is 66.3 Å². The van der Waals surface area contributed by atoms with Gasteiger partial charge in [0.05, 0.1) is 12.3 Å². The number of aliphatic hydroxyl groups excluding tert-OH is 1. The Hall–Kier alpha value is -1.01. The average Bonchev–Trinajstić information content (AvgIpc) is 2.93. The van der Waals surface area contributed by atoms with Crippen LogP contribution in [0.15, 0.2) is 0 Å². The van der Waals surface area contributed by atoms with Gasteiger partial charge in [0, 0.05) is 12.6 Å². The van der Waals surface area contributed by atoms with Gasteiger partial charge in [-0.05, 0) is 30.8 Å². The number of rotatable bonds is 5. The maximum absolute atomic E-state index is 12.6. The lowest BCUT2D eigenvalue weighted by Crippen LogP contribution is -2.43. The number of carbonyl (C=O) groups excluding carboxylic acids is 1. The van der Waals surface area contributed by atoms with E-state index in [1.807, 2.05) is 11.8 Å². The zero-order valence-corrected chi connectivity index (χ0v) is 12.2. The van der Waals surface area contributed by atoms with E-state index < -0.39 is 0 Å². The van der Waals surface area contributed by atoms with Crippen molar-refractivity contribution in [2.45, 2.75) is 51.5 Å². The van der Waals surface area contributed by atoms with E-state index in [-0.39, 0.29) is 18.6 Å². The lowest BCUT2D eigenvalue weighted by molar-refractivity contribution is 0.0589. The summed E-state index contributed by atoms with van der Waals surface area (Å²) in [7, 11) is 0. The van der Waals surface area contributed by atoms with Crippen LogP contribution in [0.1, 0.15) is 54.4 Å². The molecule has 106 valence electrons. The van der Waals surface area contributed by atoms with E-state index in [2.05, 4.69) is 9.59 Å². The largest absolute Gasteiger partial charge is 0.395 e. The highest BCUT2D eigenvalue weighted by Crippen LogP contribution is 2.25. The molecule has 0 unspecified atom stereocenters. The molecule has 6 heteroatoms. The van der Waals surface area contributed by atoms with Crippen LogP contribution < -0.4 is 0 Å². The molecule has 0 aromatic carbocycles. The monoisotopic (exact) mass is 283 g/mol. The fourth-order valence-electron chi connectivity index (χ4n) is 2.68. The molecule has 1 aromatic rings. The number of amides is 1. The Labute approximate surface area is 117 Å². The molecule has 0 atom stereocenters. The van der Waals surface area contributed by atoms with Crippen molar-refractivity contribution in [3.63, 3.8) is 0 Å². The molecule has 0 aliphatic heterocycles. The Morgan fingerprint density at radius 1 is 1.42 bits per heavy atom. The molecule has 1 fully saturated rings. The second-order valence-electron chi connectivity index (χ2n) is 4.92. The smallest absolute Gasteiger partial charge is 0.267 e. The Kier molecular flexibility index (Phi) is 5.27. The number of aliphatic hydroxyl groups is 1. The van der Waals surface area contributed by atoms with Gasteiger partial charge in [0.15, 0.2) is 0 Å². The van der Waals surface area contributed by atoms with Crippen molar-refractivity contribution in [2.75, 3.05) is 13.2 Å². The molecular formula is C13H21N3O2S. The van der Waals surface area contributed by atoms with Gasteiger partial charge < -0.3 is 10.0 Å². The summed E-state index contributed by atoms with van der Waals surface area (Å²) in [5.74, 6) is -0.00667. The Bertz CT molecular complexity index is 416. The highest BCUT2D eigenvalue weighted by molar-refractivity contribution is 7.08. The summed E-state index contributed by atoms with van der Waals surface area (Å²) in [6.07, 6.45) is 6.39. The van der Waals surface area contributed by atoms with E-state index in [4.69, 9.17) is 0 Å². The third-order valence-electron chi connectivity index (χ3n) is 3.70. The second kappa shape index (κ2) is 6.96. The predicted molar refractivity (Wildman–Crippen MR) is 74.3 cm³/mol. The molecule has 19 heavy (non-hydrogen) atoms. The molecule has 0 saturated heterocycles. The molecule has 1 aliphatic carbocycles. The zero-order valence-electron chi connectivity index (χ0n) is 11.3. The van der Waals surface area contributed by atoms with Crippen LogP contribution in [0.5, 0.6) is 0 Å². The van der Waals surface area contributed by atoms with Gasteiger partial charge in [-0.3, -0.25) is 4.79 Å². The molecule has 5 nitrogen and oxygen atoms in total. The quantitative estimate of drug-likeness (QED) is 0.896. The Balaban J connectivity index is 2.15. The molecule has 0 spiro atoms. The number of carbonyl (C=O) groups is 1. The molecule has 1 amide bonds. The summed E-state index contributed by atoms with van der Waals surface area (Å²) in [6, 6.07) is 0.264. The molecule has 1 N–H and O–H groups in total. The minimum atomic E-state index is -0.00667.